The summed E-state index contributed by atoms with van der Waals surface area (Å²) in [5, 5.41) is 24.1. The monoisotopic (exact) mass is 575 g/mol. The molecule has 5 aromatic rings. The van der Waals surface area contributed by atoms with E-state index < -0.39 is 11.7 Å². The third-order valence-corrected chi connectivity index (χ3v) is 7.92. The lowest BCUT2D eigenvalue weighted by molar-refractivity contribution is 0.0486. The molecule has 218 valence electrons. The second kappa shape index (κ2) is 11.4. The van der Waals surface area contributed by atoms with Crippen molar-refractivity contribution in [3.63, 3.8) is 0 Å². The number of hydrogen-bond donors (Lipinski definition) is 1. The molecule has 1 saturated carbocycles. The van der Waals surface area contributed by atoms with Crippen LogP contribution in [-0.2, 0) is 11.3 Å². The summed E-state index contributed by atoms with van der Waals surface area (Å²) in [4.78, 5) is 25.5. The third kappa shape index (κ3) is 6.00. The number of rotatable bonds is 6. The average Bonchev–Trinajstić information content (AvgIpc) is 3.61. The largest absolute Gasteiger partial charge is 0.444 e. The highest BCUT2D eigenvalue weighted by atomic mass is 16.6. The molecule has 0 aliphatic heterocycles. The molecule has 1 amide bonds. The maximum absolute atomic E-state index is 13.4. The second-order valence-electron chi connectivity index (χ2n) is 12.1. The molecule has 1 aliphatic carbocycles. The van der Waals surface area contributed by atoms with E-state index >= 15 is 0 Å². The van der Waals surface area contributed by atoms with Crippen molar-refractivity contribution in [2.75, 3.05) is 0 Å². The number of benzene rings is 3. The number of ether oxygens (including phenoxy) is 1. The number of nitriles is 1. The van der Waals surface area contributed by atoms with E-state index in [2.05, 4.69) is 50.4 Å². The van der Waals surface area contributed by atoms with Gasteiger partial charge in [0.25, 0.3) is 11.8 Å². The maximum Gasteiger partial charge on any atom is 0.407 e. The van der Waals surface area contributed by atoms with Crippen LogP contribution in [0.15, 0.2) is 71.1 Å². The van der Waals surface area contributed by atoms with Crippen LogP contribution in [0.1, 0.15) is 68.3 Å². The molecule has 3 aromatic carbocycles. The van der Waals surface area contributed by atoms with Crippen LogP contribution in [0.2, 0.25) is 0 Å². The van der Waals surface area contributed by atoms with Crippen molar-refractivity contribution < 1.29 is 18.7 Å². The number of nitrogens with one attached hydrogen (secondary N) is 1. The normalized spacial score (nSPS) is 17.1. The van der Waals surface area contributed by atoms with E-state index in [1.165, 1.54) is 0 Å². The summed E-state index contributed by atoms with van der Waals surface area (Å²) in [6, 6.07) is 24.1. The zero-order valence-electron chi connectivity index (χ0n) is 24.5. The molecule has 9 nitrogen and oxygen atoms in total. The van der Waals surface area contributed by atoms with Crippen LogP contribution in [0, 0.1) is 17.2 Å². The Morgan fingerprint density at radius 1 is 1.00 bits per heavy atom. The molecule has 0 unspecified atom stereocenters. The van der Waals surface area contributed by atoms with Gasteiger partial charge in [0.05, 0.1) is 17.1 Å². The van der Waals surface area contributed by atoms with Crippen LogP contribution in [0.4, 0.5) is 4.79 Å². The Kier molecular flexibility index (Phi) is 7.45. The van der Waals surface area contributed by atoms with Crippen LogP contribution in [0.5, 0.6) is 0 Å². The summed E-state index contributed by atoms with van der Waals surface area (Å²) < 4.78 is 13.5. The highest BCUT2D eigenvalue weighted by molar-refractivity contribution is 5.94. The summed E-state index contributed by atoms with van der Waals surface area (Å²) in [6.45, 7) is 5.99. The van der Waals surface area contributed by atoms with Gasteiger partial charge in [0, 0.05) is 23.9 Å². The molecular formula is C34H33N5O4. The van der Waals surface area contributed by atoms with E-state index in [1.807, 2.05) is 57.2 Å². The number of Topliss-reactive ketones (excluding diaryl/α,β-unsaturated/α-hetero) is 1. The van der Waals surface area contributed by atoms with Gasteiger partial charge in [0.2, 0.25) is 5.78 Å². The fourth-order valence-corrected chi connectivity index (χ4v) is 5.85. The molecule has 0 saturated heterocycles. The lowest BCUT2D eigenvalue weighted by Crippen LogP contribution is -2.41. The van der Waals surface area contributed by atoms with Crippen molar-refractivity contribution >= 4 is 33.6 Å². The van der Waals surface area contributed by atoms with Gasteiger partial charge in [-0.2, -0.15) is 5.26 Å². The SMILES string of the molecule is CC(C)(C)OC(=O)NC1CCC(C(=O)c2nnc(-c3cc4ccc(C#N)cc4n3Cc3cccc4ccccc34)o2)CC1. The van der Waals surface area contributed by atoms with E-state index in [0.717, 1.165) is 27.2 Å². The number of carbonyl (C=O) groups excluding carboxylic acids is 2. The minimum Gasteiger partial charge on any atom is -0.444 e. The molecule has 43 heavy (non-hydrogen) atoms. The van der Waals surface area contributed by atoms with Crippen molar-refractivity contribution in [1.82, 2.24) is 20.1 Å². The Labute approximate surface area is 249 Å². The first-order valence-electron chi connectivity index (χ1n) is 14.6. The summed E-state index contributed by atoms with van der Waals surface area (Å²) in [6.07, 6.45) is 2.10. The van der Waals surface area contributed by atoms with Crippen molar-refractivity contribution in [3.05, 3.63) is 83.7 Å². The van der Waals surface area contributed by atoms with Gasteiger partial charge in [-0.05, 0) is 81.0 Å². The van der Waals surface area contributed by atoms with Gasteiger partial charge in [-0.1, -0.05) is 48.5 Å². The van der Waals surface area contributed by atoms with Crippen molar-refractivity contribution in [3.8, 4) is 17.7 Å². The molecule has 0 radical (unpaired) electrons. The highest BCUT2D eigenvalue weighted by Crippen LogP contribution is 2.32. The number of fused-ring (bicyclic) bond motifs is 2. The molecule has 1 fully saturated rings. The second-order valence-corrected chi connectivity index (χ2v) is 12.1. The minimum atomic E-state index is -0.564. The standard InChI is InChI=1S/C34H33N5O4/c1-34(2,3)43-33(41)36-26-15-13-23(14-16-26)30(40)32-38-37-31(42-32)29-18-24-12-11-21(19-35)17-28(24)39(29)20-25-9-6-8-22-7-4-5-10-27(22)25/h4-12,17-18,23,26H,13-16,20H2,1-3H3,(H,36,41). The number of carbonyl (C=O) groups is 2. The number of ketones is 1. The fraction of sp³-hybridized carbons (Fsp3) is 0.324. The van der Waals surface area contributed by atoms with Crippen LogP contribution in [0.25, 0.3) is 33.3 Å². The number of amides is 1. The van der Waals surface area contributed by atoms with E-state index in [-0.39, 0.29) is 29.5 Å². The molecule has 0 spiro atoms. The minimum absolute atomic E-state index is 0.0155. The number of aromatic nitrogens is 3. The van der Waals surface area contributed by atoms with Gasteiger partial charge in [0.1, 0.15) is 11.3 Å². The Hall–Kier alpha value is -4.97. The van der Waals surface area contributed by atoms with E-state index in [9.17, 15) is 14.9 Å². The van der Waals surface area contributed by atoms with Crippen molar-refractivity contribution in [1.29, 1.82) is 5.26 Å². The molecule has 1 N–H and O–H groups in total. The molecule has 9 heteroatoms. The van der Waals surface area contributed by atoms with E-state index in [0.29, 0.717) is 43.5 Å². The number of hydrogen-bond acceptors (Lipinski definition) is 7. The van der Waals surface area contributed by atoms with Gasteiger partial charge >= 0.3 is 6.09 Å². The van der Waals surface area contributed by atoms with Crippen LogP contribution < -0.4 is 5.32 Å². The average molecular weight is 576 g/mol. The van der Waals surface area contributed by atoms with Gasteiger partial charge in [-0.3, -0.25) is 4.79 Å². The maximum atomic E-state index is 13.4. The van der Waals surface area contributed by atoms with Crippen LogP contribution in [-0.4, -0.2) is 38.3 Å². The lowest BCUT2D eigenvalue weighted by Gasteiger charge is -2.28. The van der Waals surface area contributed by atoms with Gasteiger partial charge < -0.3 is 19.0 Å². The van der Waals surface area contributed by atoms with Crippen LogP contribution >= 0.6 is 0 Å². The molecular weight excluding hydrogens is 542 g/mol. The highest BCUT2D eigenvalue weighted by Gasteiger charge is 2.32. The first kappa shape index (κ1) is 28.2. The Bertz CT molecular complexity index is 1860. The van der Waals surface area contributed by atoms with Crippen molar-refractivity contribution in [2.45, 2.75) is 64.6 Å². The van der Waals surface area contributed by atoms with Gasteiger partial charge in [-0.25, -0.2) is 4.79 Å². The summed E-state index contributed by atoms with van der Waals surface area (Å²) in [7, 11) is 0. The van der Waals surface area contributed by atoms with Gasteiger partial charge in [-0.15, -0.1) is 10.2 Å². The first-order chi connectivity index (χ1) is 20.7. The quantitative estimate of drug-likeness (QED) is 0.216. The predicted octanol–water partition coefficient (Wildman–Crippen LogP) is 7.03. The topological polar surface area (TPSA) is 123 Å². The Morgan fingerprint density at radius 2 is 1.77 bits per heavy atom. The molecule has 0 bridgehead atoms. The predicted molar refractivity (Wildman–Crippen MR) is 162 cm³/mol. The van der Waals surface area contributed by atoms with Crippen LogP contribution in [0.3, 0.4) is 0 Å². The number of alkyl carbamates (subject to hydrolysis) is 1. The third-order valence-electron chi connectivity index (χ3n) is 7.92. The Balaban J connectivity index is 1.25. The smallest absolute Gasteiger partial charge is 0.407 e. The molecule has 2 aromatic heterocycles. The van der Waals surface area contributed by atoms with Crippen molar-refractivity contribution in [2.24, 2.45) is 5.92 Å². The summed E-state index contributed by atoms with van der Waals surface area (Å²) in [5.41, 5.74) is 2.63. The van der Waals surface area contributed by atoms with Gasteiger partial charge in [0.15, 0.2) is 0 Å². The van der Waals surface area contributed by atoms with E-state index in [4.69, 9.17) is 9.15 Å². The molecule has 2 heterocycles. The molecule has 0 atom stereocenters. The Morgan fingerprint density at radius 3 is 2.53 bits per heavy atom. The fourth-order valence-electron chi connectivity index (χ4n) is 5.85. The zero-order valence-corrected chi connectivity index (χ0v) is 24.5. The summed E-state index contributed by atoms with van der Waals surface area (Å²) >= 11 is 0. The zero-order chi connectivity index (χ0) is 30.1. The summed E-state index contributed by atoms with van der Waals surface area (Å²) in [5.74, 6) is -0.209. The molecule has 6 rings (SSSR count). The number of nitrogens with zero attached hydrogens (tertiary/aromatic N) is 4. The molecule has 1 aliphatic rings. The van der Waals surface area contributed by atoms with E-state index in [1.54, 1.807) is 6.07 Å². The lowest BCUT2D eigenvalue weighted by atomic mass is 9.83. The first-order valence-corrected chi connectivity index (χ1v) is 14.6.